The van der Waals surface area contributed by atoms with Crippen LogP contribution in [-0.4, -0.2) is 26.7 Å². The number of fused-ring (bicyclic) bond motifs is 2. The van der Waals surface area contributed by atoms with Gasteiger partial charge < -0.3 is 9.84 Å². The van der Waals surface area contributed by atoms with Gasteiger partial charge in [0.1, 0.15) is 10.0 Å². The average Bonchev–Trinajstić information content (AvgIpc) is 2.30. The molecule has 0 aromatic carbocycles. The van der Waals surface area contributed by atoms with Crippen LogP contribution in [0, 0.1) is 11.8 Å². The van der Waals surface area contributed by atoms with Gasteiger partial charge in [0.25, 0.3) is 0 Å². The van der Waals surface area contributed by atoms with Crippen LogP contribution in [0.5, 0.6) is 0 Å². The lowest BCUT2D eigenvalue weighted by atomic mass is 9.65. The van der Waals surface area contributed by atoms with Gasteiger partial charge in [-0.3, -0.25) is 4.79 Å². The second-order valence-corrected chi connectivity index (χ2v) is 7.70. The van der Waals surface area contributed by atoms with Crippen molar-refractivity contribution in [3.05, 3.63) is 0 Å². The van der Waals surface area contributed by atoms with E-state index >= 15 is 0 Å². The first-order chi connectivity index (χ1) is 8.41. The molecule has 0 aromatic rings. The topological polar surface area (TPSA) is 46.5 Å². The monoisotopic (exact) mass is 366 g/mol. The lowest BCUT2D eigenvalue weighted by molar-refractivity contribution is -0.159. The van der Waals surface area contributed by atoms with E-state index in [0.717, 1.165) is 38.5 Å². The zero-order valence-corrected chi connectivity index (χ0v) is 13.4. The molecule has 2 saturated carbocycles. The average molecular weight is 366 g/mol. The molecule has 1 N–H and O–H groups in total. The fourth-order valence-corrected chi connectivity index (χ4v) is 3.70. The number of alkyl halides is 1. The summed E-state index contributed by atoms with van der Waals surface area (Å²) in [5, 5.41) is 10.2. The zero-order chi connectivity index (χ0) is 13.3. The minimum atomic E-state index is -0.562. The summed E-state index contributed by atoms with van der Waals surface area (Å²) >= 11 is 2.15. The third kappa shape index (κ3) is 3.38. The van der Waals surface area contributed by atoms with Crippen LogP contribution in [0.3, 0.4) is 0 Å². The third-order valence-electron chi connectivity index (χ3n) is 4.33. The predicted molar refractivity (Wildman–Crippen MR) is 78.7 cm³/mol. The van der Waals surface area contributed by atoms with Crippen LogP contribution in [-0.2, 0) is 9.53 Å². The van der Waals surface area contributed by atoms with Crippen molar-refractivity contribution in [2.24, 2.45) is 11.8 Å². The van der Waals surface area contributed by atoms with Gasteiger partial charge in [0.2, 0.25) is 0 Å². The highest BCUT2D eigenvalue weighted by molar-refractivity contribution is 14.1. The van der Waals surface area contributed by atoms with E-state index in [9.17, 15) is 9.90 Å². The molecule has 0 aromatic heterocycles. The van der Waals surface area contributed by atoms with E-state index in [-0.39, 0.29) is 16.0 Å². The van der Waals surface area contributed by atoms with Crippen molar-refractivity contribution in [3.63, 3.8) is 0 Å². The molecule has 3 nitrogen and oxygen atoms in total. The molecule has 0 saturated heterocycles. The summed E-state index contributed by atoms with van der Waals surface area (Å²) in [6.45, 7) is 3.92. The second kappa shape index (κ2) is 5.65. The normalized spacial score (nSPS) is 41.2. The fourth-order valence-electron chi connectivity index (χ4n) is 3.55. The number of carbonyl (C=O) groups is 1. The molecule has 0 radical (unpaired) electrons. The standard InChI is InChI=1S/C14H23IO3/c1-3-11(15)13(16)18-12-5-4-9-6-10(12)8-14(2,17)7-9/h9-12,17H,3-8H2,1-2H3. The first kappa shape index (κ1) is 14.6. The maximum Gasteiger partial charge on any atom is 0.319 e. The molecule has 5 atom stereocenters. The molecule has 0 spiro atoms. The molecule has 104 valence electrons. The van der Waals surface area contributed by atoms with Crippen molar-refractivity contribution >= 4 is 28.6 Å². The Morgan fingerprint density at radius 2 is 2.22 bits per heavy atom. The van der Waals surface area contributed by atoms with Gasteiger partial charge in [-0.2, -0.15) is 0 Å². The van der Waals surface area contributed by atoms with Gasteiger partial charge >= 0.3 is 5.97 Å². The third-order valence-corrected chi connectivity index (χ3v) is 5.72. The highest BCUT2D eigenvalue weighted by Crippen LogP contribution is 2.45. The van der Waals surface area contributed by atoms with E-state index in [1.165, 1.54) is 0 Å². The lowest BCUT2D eigenvalue weighted by Gasteiger charge is -2.45. The largest absolute Gasteiger partial charge is 0.461 e. The number of carbonyl (C=O) groups excluding carboxylic acids is 1. The molecule has 5 unspecified atom stereocenters. The van der Waals surface area contributed by atoms with Gasteiger partial charge in [-0.1, -0.05) is 29.5 Å². The van der Waals surface area contributed by atoms with Crippen molar-refractivity contribution in [3.8, 4) is 0 Å². The molecule has 0 heterocycles. The van der Waals surface area contributed by atoms with Crippen LogP contribution < -0.4 is 0 Å². The number of esters is 1. The van der Waals surface area contributed by atoms with Crippen LogP contribution in [0.2, 0.25) is 0 Å². The van der Waals surface area contributed by atoms with Gasteiger partial charge in [0, 0.05) is 0 Å². The van der Waals surface area contributed by atoms with Crippen LogP contribution in [0.4, 0.5) is 0 Å². The summed E-state index contributed by atoms with van der Waals surface area (Å²) in [6, 6.07) is 0. The van der Waals surface area contributed by atoms with E-state index in [1.807, 2.05) is 13.8 Å². The number of hydrogen-bond acceptors (Lipinski definition) is 3. The Labute approximate surface area is 123 Å². The summed E-state index contributed by atoms with van der Waals surface area (Å²) in [4.78, 5) is 11.9. The van der Waals surface area contributed by atoms with Crippen molar-refractivity contribution in [1.82, 2.24) is 0 Å². The minimum absolute atomic E-state index is 0.0318. The summed E-state index contributed by atoms with van der Waals surface area (Å²) in [5.74, 6) is 0.902. The molecule has 2 bridgehead atoms. The Morgan fingerprint density at radius 3 is 2.89 bits per heavy atom. The summed E-state index contributed by atoms with van der Waals surface area (Å²) in [6.07, 6.45) is 5.72. The Balaban J connectivity index is 1.96. The number of rotatable bonds is 3. The van der Waals surface area contributed by atoms with Gasteiger partial charge in [-0.15, -0.1) is 0 Å². The first-order valence-electron chi connectivity index (χ1n) is 6.98. The maximum atomic E-state index is 11.9. The Morgan fingerprint density at radius 1 is 1.50 bits per heavy atom. The number of halogens is 1. The lowest BCUT2D eigenvalue weighted by Crippen LogP contribution is -2.45. The highest BCUT2D eigenvalue weighted by atomic mass is 127. The van der Waals surface area contributed by atoms with Gasteiger partial charge in [-0.05, 0) is 57.3 Å². The van der Waals surface area contributed by atoms with Crippen molar-refractivity contribution in [2.45, 2.75) is 68.0 Å². The second-order valence-electron chi connectivity index (χ2n) is 6.20. The maximum absolute atomic E-state index is 11.9. The van der Waals surface area contributed by atoms with Crippen molar-refractivity contribution in [1.29, 1.82) is 0 Å². The van der Waals surface area contributed by atoms with E-state index in [0.29, 0.717) is 11.8 Å². The summed E-state index contributed by atoms with van der Waals surface area (Å²) in [7, 11) is 0. The van der Waals surface area contributed by atoms with Crippen LogP contribution in [0.1, 0.15) is 52.4 Å². The van der Waals surface area contributed by atoms with Crippen LogP contribution >= 0.6 is 22.6 Å². The van der Waals surface area contributed by atoms with Crippen LogP contribution in [0.15, 0.2) is 0 Å². The molecular weight excluding hydrogens is 343 g/mol. The quantitative estimate of drug-likeness (QED) is 0.475. The number of aliphatic hydroxyl groups is 1. The van der Waals surface area contributed by atoms with Crippen molar-refractivity contribution < 1.29 is 14.6 Å². The molecule has 2 aliphatic carbocycles. The summed E-state index contributed by atoms with van der Waals surface area (Å²) < 4.78 is 5.63. The molecule has 2 fully saturated rings. The van der Waals surface area contributed by atoms with Gasteiger partial charge in [0.05, 0.1) is 5.60 Å². The molecular formula is C14H23IO3. The highest BCUT2D eigenvalue weighted by Gasteiger charge is 2.43. The predicted octanol–water partition coefficient (Wildman–Crippen LogP) is 3.07. The Hall–Kier alpha value is 0.160. The zero-order valence-electron chi connectivity index (χ0n) is 11.2. The molecule has 0 aliphatic heterocycles. The number of hydrogen-bond donors (Lipinski definition) is 1. The number of ether oxygens (including phenoxy) is 1. The Kier molecular flexibility index (Phi) is 4.57. The molecule has 2 rings (SSSR count). The Bertz CT molecular complexity index is 316. The van der Waals surface area contributed by atoms with E-state index in [2.05, 4.69) is 22.6 Å². The SMILES string of the molecule is CCC(I)C(=O)OC1CCC2CC1CC(C)(O)C2. The fraction of sp³-hybridized carbons (Fsp3) is 0.929. The van der Waals surface area contributed by atoms with Gasteiger partial charge in [-0.25, -0.2) is 0 Å². The van der Waals surface area contributed by atoms with E-state index < -0.39 is 5.60 Å². The first-order valence-corrected chi connectivity index (χ1v) is 8.23. The van der Waals surface area contributed by atoms with E-state index in [1.54, 1.807) is 0 Å². The molecule has 0 amide bonds. The minimum Gasteiger partial charge on any atom is -0.461 e. The summed E-state index contributed by atoms with van der Waals surface area (Å²) in [5.41, 5.74) is -0.562. The smallest absolute Gasteiger partial charge is 0.319 e. The molecule has 2 aliphatic rings. The van der Waals surface area contributed by atoms with Crippen molar-refractivity contribution in [2.75, 3.05) is 0 Å². The molecule has 18 heavy (non-hydrogen) atoms. The van der Waals surface area contributed by atoms with Gasteiger partial charge in [0.15, 0.2) is 0 Å². The van der Waals surface area contributed by atoms with E-state index in [4.69, 9.17) is 4.74 Å². The molecule has 4 heteroatoms. The van der Waals surface area contributed by atoms with Crippen LogP contribution in [0.25, 0.3) is 0 Å².